The normalized spacial score (nSPS) is 48.9. The predicted molar refractivity (Wildman–Crippen MR) is 290 cm³/mol. The maximum atomic E-state index is 2.82. The second-order valence-electron chi connectivity index (χ2n) is 24.5. The highest BCUT2D eigenvalue weighted by Crippen LogP contribution is 2.56. The third kappa shape index (κ3) is 9.13. The number of rotatable bonds is 15. The molecule has 24 unspecified atom stereocenters. The first-order chi connectivity index (χ1) is 33.5. The topological polar surface area (TPSA) is 0 Å². The van der Waals surface area contributed by atoms with Gasteiger partial charge < -0.3 is 0 Å². The van der Waals surface area contributed by atoms with E-state index >= 15 is 0 Å². The van der Waals surface area contributed by atoms with E-state index in [0.717, 1.165) is 59.2 Å². The van der Waals surface area contributed by atoms with Crippen LogP contribution in [-0.2, 0) is 0 Å². The first kappa shape index (κ1) is 46.7. The van der Waals surface area contributed by atoms with Crippen molar-refractivity contribution in [1.82, 2.24) is 0 Å². The highest BCUT2D eigenvalue weighted by atomic mass is 14.5. The molecular formula is C68H88. The Balaban J connectivity index is 0.828. The Morgan fingerprint density at radius 2 is 0.676 bits per heavy atom. The van der Waals surface area contributed by atoms with Crippen molar-refractivity contribution >= 4 is 0 Å². The van der Waals surface area contributed by atoms with Crippen LogP contribution in [0.5, 0.6) is 0 Å². The third-order valence-corrected chi connectivity index (χ3v) is 21.3. The van der Waals surface area contributed by atoms with E-state index in [2.05, 4.69) is 198 Å². The molecule has 0 spiro atoms. The summed E-state index contributed by atoms with van der Waals surface area (Å²) in [5, 5.41) is 0. The zero-order valence-electron chi connectivity index (χ0n) is 42.5. The summed E-state index contributed by atoms with van der Waals surface area (Å²) in [6.07, 6.45) is 87.9. The van der Waals surface area contributed by atoms with E-state index in [0.29, 0.717) is 82.9 Å². The van der Waals surface area contributed by atoms with Gasteiger partial charge in [0.25, 0.3) is 0 Å². The molecule has 11 aliphatic carbocycles. The number of fused-ring (bicyclic) bond motifs is 5. The van der Waals surface area contributed by atoms with Crippen molar-refractivity contribution in [3.63, 3.8) is 0 Å². The smallest absolute Gasteiger partial charge is 0.0133 e. The minimum Gasteiger partial charge on any atom is -0.0914 e. The summed E-state index contributed by atoms with van der Waals surface area (Å²) in [6.45, 7) is 8.93. The molecule has 0 N–H and O–H groups in total. The van der Waals surface area contributed by atoms with Crippen molar-refractivity contribution in [3.8, 4) is 0 Å². The molecule has 0 heteroatoms. The molecule has 6 saturated carbocycles. The Morgan fingerprint density at radius 1 is 0.309 bits per heavy atom. The maximum Gasteiger partial charge on any atom is -0.0133 e. The van der Waals surface area contributed by atoms with Gasteiger partial charge in [-0.15, -0.1) is 0 Å². The SMILES string of the molecule is CC=CC1CC(/C=C\C2CC(/C=C\C3CC(C=CC)C(C/C=C/C4CC5C=CCC5C4C=CC)C3/C=C/C3CC(/C=C\C4CC(C=CC)C5CC=CC45)C4CC=CC34)C3C=CCC23)C2C=CCC12. The zero-order chi connectivity index (χ0) is 46.1. The molecule has 0 aromatic heterocycles. The molecule has 0 aromatic rings. The van der Waals surface area contributed by atoms with Gasteiger partial charge in [0.1, 0.15) is 0 Å². The van der Waals surface area contributed by atoms with E-state index < -0.39 is 0 Å². The molecule has 0 saturated heterocycles. The summed E-state index contributed by atoms with van der Waals surface area (Å²) in [7, 11) is 0. The molecule has 6 fully saturated rings. The summed E-state index contributed by atoms with van der Waals surface area (Å²) in [5.74, 6) is 17.1. The van der Waals surface area contributed by atoms with Crippen LogP contribution >= 0.6 is 0 Å². The highest BCUT2D eigenvalue weighted by Gasteiger charge is 2.47. The lowest BCUT2D eigenvalue weighted by Gasteiger charge is -2.24. The highest BCUT2D eigenvalue weighted by molar-refractivity contribution is 5.25. The molecule has 68 heavy (non-hydrogen) atoms. The Labute approximate surface area is 414 Å². The molecule has 24 atom stereocenters. The molecule has 0 bridgehead atoms. The van der Waals surface area contributed by atoms with Gasteiger partial charge in [0, 0.05) is 0 Å². The Kier molecular flexibility index (Phi) is 14.4. The molecule has 360 valence electrons. The fourth-order valence-corrected chi connectivity index (χ4v) is 18.3. The molecule has 0 radical (unpaired) electrons. The van der Waals surface area contributed by atoms with E-state index in [-0.39, 0.29) is 0 Å². The first-order valence-electron chi connectivity index (χ1n) is 28.8. The second kappa shape index (κ2) is 21.0. The standard InChI is InChI=1S/C68H88/c1-5-15-45-39-50(62-25-11-23-58(45)62)31-33-52-43-53(65-28-13-27-64(52)65)35-36-55-41-47(17-7-3)60(21-9-19-48-42-49-20-10-22-61(49)57(48)18-8-4)68(55)38-37-56-44-54(66-29-14-30-67(56)66)34-32-51-40-46(16-6-2)59-24-12-26-63(51)59/h5-20,25-26,28,30-38,45-68H,21-24,27,29,39-44H2,1-4H3/b15-5?,16-6?,17-7?,18-8?,19-9+,33-31-,34-32-,36-35-,38-37+. The van der Waals surface area contributed by atoms with Crippen molar-refractivity contribution in [2.24, 2.45) is 142 Å². The van der Waals surface area contributed by atoms with Gasteiger partial charge in [-0.1, -0.05) is 170 Å². The van der Waals surface area contributed by atoms with Crippen LogP contribution in [0.25, 0.3) is 0 Å². The Hall–Kier alpha value is -3.64. The van der Waals surface area contributed by atoms with Crippen molar-refractivity contribution in [2.45, 2.75) is 105 Å². The molecule has 0 amide bonds. The average Bonchev–Trinajstić information content (AvgIpc) is 4.17. The van der Waals surface area contributed by atoms with E-state index in [9.17, 15) is 0 Å². The van der Waals surface area contributed by atoms with Gasteiger partial charge in [-0.3, -0.25) is 0 Å². The van der Waals surface area contributed by atoms with Crippen molar-refractivity contribution in [3.05, 3.63) is 170 Å². The van der Waals surface area contributed by atoms with Gasteiger partial charge in [-0.05, 0) is 247 Å². The first-order valence-corrected chi connectivity index (χ1v) is 28.8. The van der Waals surface area contributed by atoms with E-state index in [4.69, 9.17) is 0 Å². The summed E-state index contributed by atoms with van der Waals surface area (Å²) < 4.78 is 0. The van der Waals surface area contributed by atoms with Gasteiger partial charge in [0.15, 0.2) is 0 Å². The van der Waals surface area contributed by atoms with Crippen molar-refractivity contribution in [2.75, 3.05) is 0 Å². The van der Waals surface area contributed by atoms with Gasteiger partial charge in [-0.2, -0.15) is 0 Å². The zero-order valence-corrected chi connectivity index (χ0v) is 42.5. The van der Waals surface area contributed by atoms with Crippen LogP contribution in [0.3, 0.4) is 0 Å². The molecule has 11 aliphatic rings. The predicted octanol–water partition coefficient (Wildman–Crippen LogP) is 17.5. The summed E-state index contributed by atoms with van der Waals surface area (Å²) >= 11 is 0. The van der Waals surface area contributed by atoms with Crippen LogP contribution in [0, 0.1) is 142 Å². The van der Waals surface area contributed by atoms with Crippen molar-refractivity contribution < 1.29 is 0 Å². The van der Waals surface area contributed by atoms with Gasteiger partial charge in [0.2, 0.25) is 0 Å². The number of hydrogen-bond acceptors (Lipinski definition) is 0. The minimum absolute atomic E-state index is 0.577. The lowest BCUT2D eigenvalue weighted by molar-refractivity contribution is 0.379. The fraction of sp³-hybridized carbons (Fsp3) is 0.588. The van der Waals surface area contributed by atoms with Gasteiger partial charge in [-0.25, -0.2) is 0 Å². The summed E-state index contributed by atoms with van der Waals surface area (Å²) in [5.41, 5.74) is 0. The van der Waals surface area contributed by atoms with Crippen LogP contribution in [0.4, 0.5) is 0 Å². The number of allylic oxidation sites excluding steroid dienone is 28. The van der Waals surface area contributed by atoms with Crippen LogP contribution < -0.4 is 0 Å². The van der Waals surface area contributed by atoms with E-state index in [1.54, 1.807) is 0 Å². The molecule has 0 aliphatic heterocycles. The van der Waals surface area contributed by atoms with E-state index in [1.807, 2.05) is 0 Å². The monoisotopic (exact) mass is 905 g/mol. The second-order valence-corrected chi connectivity index (χ2v) is 24.5. The summed E-state index contributed by atoms with van der Waals surface area (Å²) in [6, 6.07) is 0. The van der Waals surface area contributed by atoms with Crippen LogP contribution in [0.1, 0.15) is 105 Å². The largest absolute Gasteiger partial charge is 0.0914 e. The Morgan fingerprint density at radius 3 is 1.16 bits per heavy atom. The van der Waals surface area contributed by atoms with Gasteiger partial charge >= 0.3 is 0 Å². The van der Waals surface area contributed by atoms with Gasteiger partial charge in [0.05, 0.1) is 0 Å². The fourth-order valence-electron chi connectivity index (χ4n) is 18.3. The molecule has 0 heterocycles. The minimum atomic E-state index is 0.577. The van der Waals surface area contributed by atoms with Crippen molar-refractivity contribution in [1.29, 1.82) is 0 Å². The molecule has 0 aromatic carbocycles. The van der Waals surface area contributed by atoms with E-state index in [1.165, 1.54) is 77.0 Å². The molecule has 0 nitrogen and oxygen atoms in total. The maximum absolute atomic E-state index is 2.82. The summed E-state index contributed by atoms with van der Waals surface area (Å²) in [4.78, 5) is 0. The lowest BCUT2D eigenvalue weighted by Crippen LogP contribution is -2.16. The lowest BCUT2D eigenvalue weighted by atomic mass is 9.81. The number of hydrogen-bond donors (Lipinski definition) is 0. The molecule has 11 rings (SSSR count). The third-order valence-electron chi connectivity index (χ3n) is 21.3. The van der Waals surface area contributed by atoms with Crippen LogP contribution in [-0.4, -0.2) is 0 Å². The quantitative estimate of drug-likeness (QED) is 0.144. The van der Waals surface area contributed by atoms with Crippen LogP contribution in [0.2, 0.25) is 0 Å². The van der Waals surface area contributed by atoms with Crippen LogP contribution in [0.15, 0.2) is 170 Å². The molecular weight excluding hydrogens is 817 g/mol. The Bertz CT molecular complexity index is 2180. The average molecular weight is 905 g/mol.